The number of anilines is 1. The van der Waals surface area contributed by atoms with Crippen LogP contribution in [0.15, 0.2) is 47.3 Å². The molecule has 168 valence electrons. The number of ether oxygens (including phenoxy) is 2. The number of hydrogen-bond donors (Lipinski definition) is 2. The molecule has 2 amide bonds. The van der Waals surface area contributed by atoms with Crippen molar-refractivity contribution in [3.63, 3.8) is 0 Å². The number of nitrogens with zero attached hydrogens (tertiary/aromatic N) is 1. The maximum absolute atomic E-state index is 14.1. The molecule has 1 aliphatic heterocycles. The van der Waals surface area contributed by atoms with Crippen LogP contribution in [0.3, 0.4) is 0 Å². The van der Waals surface area contributed by atoms with Gasteiger partial charge in [-0.3, -0.25) is 4.79 Å². The fourth-order valence-electron chi connectivity index (χ4n) is 3.92. The zero-order valence-corrected chi connectivity index (χ0v) is 18.1. The lowest BCUT2D eigenvalue weighted by atomic mass is 10.1. The summed E-state index contributed by atoms with van der Waals surface area (Å²) < 4.78 is 25.2. The minimum Gasteiger partial charge on any atom is -0.376 e. The number of aryl methyl sites for hydroxylation is 2. The van der Waals surface area contributed by atoms with Crippen LogP contribution in [0.4, 0.5) is 14.9 Å². The maximum Gasteiger partial charge on any atom is 0.322 e. The summed E-state index contributed by atoms with van der Waals surface area (Å²) in [4.78, 5) is 30.2. The van der Waals surface area contributed by atoms with Gasteiger partial charge < -0.3 is 24.7 Å². The molecule has 32 heavy (non-hydrogen) atoms. The molecule has 4 rings (SSSR count). The number of hydrogen-bond acceptors (Lipinski definition) is 4. The number of benzene rings is 2. The van der Waals surface area contributed by atoms with Crippen molar-refractivity contribution in [2.45, 2.75) is 26.5 Å². The summed E-state index contributed by atoms with van der Waals surface area (Å²) in [6, 6.07) is 11.2. The number of nitrogens with one attached hydrogen (secondary N) is 2. The minimum absolute atomic E-state index is 0.0401. The number of para-hydroxylation sites is 1. The number of urea groups is 1. The molecule has 2 N–H and O–H groups in total. The second-order valence-electron chi connectivity index (χ2n) is 8.03. The van der Waals surface area contributed by atoms with Crippen LogP contribution >= 0.6 is 0 Å². The van der Waals surface area contributed by atoms with Crippen molar-refractivity contribution < 1.29 is 18.7 Å². The Labute approximate surface area is 185 Å². The lowest BCUT2D eigenvalue weighted by Gasteiger charge is -2.30. The highest BCUT2D eigenvalue weighted by atomic mass is 19.1. The van der Waals surface area contributed by atoms with Gasteiger partial charge in [-0.25, -0.2) is 9.18 Å². The molecule has 1 aromatic heterocycles. The van der Waals surface area contributed by atoms with Gasteiger partial charge in [-0.1, -0.05) is 23.8 Å². The average molecular weight is 439 g/mol. The summed E-state index contributed by atoms with van der Waals surface area (Å²) in [7, 11) is 0. The molecule has 1 fully saturated rings. The van der Waals surface area contributed by atoms with E-state index in [0.717, 1.165) is 22.0 Å². The predicted octanol–water partition coefficient (Wildman–Crippen LogP) is 3.73. The van der Waals surface area contributed by atoms with E-state index in [0.29, 0.717) is 25.4 Å². The van der Waals surface area contributed by atoms with Crippen LogP contribution in [0.2, 0.25) is 0 Å². The SMILES string of the molecule is Cc1cc(C)c2[nH]c(=O)c(CN(CC3COCCO3)C(=O)Nc3ccccc3F)cc2c1. The highest BCUT2D eigenvalue weighted by Crippen LogP contribution is 2.20. The molecule has 0 spiro atoms. The largest absolute Gasteiger partial charge is 0.376 e. The Balaban J connectivity index is 1.63. The Kier molecular flexibility index (Phi) is 6.53. The third kappa shape index (κ3) is 4.98. The van der Waals surface area contributed by atoms with Crippen LogP contribution in [-0.2, 0) is 16.0 Å². The van der Waals surface area contributed by atoms with E-state index in [2.05, 4.69) is 10.3 Å². The Morgan fingerprint density at radius 1 is 1.22 bits per heavy atom. The van der Waals surface area contributed by atoms with Gasteiger partial charge in [0.25, 0.3) is 5.56 Å². The third-order valence-electron chi connectivity index (χ3n) is 5.44. The van der Waals surface area contributed by atoms with Crippen molar-refractivity contribution >= 4 is 22.6 Å². The third-order valence-corrected chi connectivity index (χ3v) is 5.44. The monoisotopic (exact) mass is 439 g/mol. The number of pyridine rings is 1. The van der Waals surface area contributed by atoms with Crippen molar-refractivity contribution in [1.29, 1.82) is 0 Å². The normalized spacial score (nSPS) is 16.2. The Morgan fingerprint density at radius 2 is 2.03 bits per heavy atom. The molecular formula is C24H26FN3O4. The highest BCUT2D eigenvalue weighted by molar-refractivity contribution is 5.89. The molecule has 1 unspecified atom stereocenters. The second kappa shape index (κ2) is 9.50. The van der Waals surface area contributed by atoms with Gasteiger partial charge in [0.05, 0.1) is 50.2 Å². The van der Waals surface area contributed by atoms with Gasteiger partial charge in [0, 0.05) is 5.56 Å². The van der Waals surface area contributed by atoms with Crippen molar-refractivity contribution in [3.05, 3.63) is 75.3 Å². The molecular weight excluding hydrogens is 413 g/mol. The summed E-state index contributed by atoms with van der Waals surface area (Å²) >= 11 is 0. The first kappa shape index (κ1) is 22.0. The molecule has 0 aliphatic carbocycles. The van der Waals surface area contributed by atoms with Gasteiger partial charge in [0.15, 0.2) is 0 Å². The number of aromatic amines is 1. The first-order valence-corrected chi connectivity index (χ1v) is 10.5. The number of carbonyl (C=O) groups excluding carboxylic acids is 1. The van der Waals surface area contributed by atoms with Crippen molar-refractivity contribution in [2.24, 2.45) is 0 Å². The van der Waals surface area contributed by atoms with Crippen LogP contribution in [-0.4, -0.2) is 48.4 Å². The molecule has 0 radical (unpaired) electrons. The number of aromatic nitrogens is 1. The quantitative estimate of drug-likeness (QED) is 0.635. The Bertz CT molecular complexity index is 1190. The molecule has 0 saturated carbocycles. The number of H-pyrrole nitrogens is 1. The van der Waals surface area contributed by atoms with E-state index in [4.69, 9.17) is 9.47 Å². The molecule has 2 heterocycles. The van der Waals surface area contributed by atoms with E-state index in [9.17, 15) is 14.0 Å². The number of amides is 2. The summed E-state index contributed by atoms with van der Waals surface area (Å²) in [6.07, 6.45) is -0.334. The number of rotatable bonds is 5. The smallest absolute Gasteiger partial charge is 0.322 e. The molecule has 0 bridgehead atoms. The van der Waals surface area contributed by atoms with Crippen LogP contribution in [0, 0.1) is 19.7 Å². The zero-order valence-electron chi connectivity index (χ0n) is 18.1. The first-order chi connectivity index (χ1) is 15.4. The van der Waals surface area contributed by atoms with Crippen LogP contribution in [0.25, 0.3) is 10.9 Å². The molecule has 8 heteroatoms. The van der Waals surface area contributed by atoms with Crippen LogP contribution < -0.4 is 10.9 Å². The van der Waals surface area contributed by atoms with Gasteiger partial charge in [-0.05, 0) is 49.1 Å². The lowest BCUT2D eigenvalue weighted by molar-refractivity contribution is -0.0943. The zero-order chi connectivity index (χ0) is 22.7. The predicted molar refractivity (Wildman–Crippen MR) is 120 cm³/mol. The highest BCUT2D eigenvalue weighted by Gasteiger charge is 2.24. The van der Waals surface area contributed by atoms with E-state index >= 15 is 0 Å². The van der Waals surface area contributed by atoms with Gasteiger partial charge in [-0.2, -0.15) is 0 Å². The summed E-state index contributed by atoms with van der Waals surface area (Å²) in [5, 5.41) is 3.49. The standard InChI is InChI=1S/C24H26FN3O4/c1-15-9-16(2)22-17(10-15)11-18(23(29)27-22)12-28(13-19-14-31-7-8-32-19)24(30)26-21-6-4-3-5-20(21)25/h3-6,9-11,19H,7-8,12-14H2,1-2H3,(H,26,30)(H,27,29). The topological polar surface area (TPSA) is 83.7 Å². The van der Waals surface area contributed by atoms with Crippen LogP contribution in [0.1, 0.15) is 16.7 Å². The van der Waals surface area contributed by atoms with E-state index in [1.807, 2.05) is 26.0 Å². The number of carbonyl (C=O) groups is 1. The van der Waals surface area contributed by atoms with E-state index in [1.165, 1.54) is 17.0 Å². The van der Waals surface area contributed by atoms with Crippen molar-refractivity contribution in [1.82, 2.24) is 9.88 Å². The van der Waals surface area contributed by atoms with E-state index in [-0.39, 0.29) is 30.4 Å². The molecule has 2 aromatic carbocycles. The van der Waals surface area contributed by atoms with E-state index < -0.39 is 11.8 Å². The molecule has 1 aliphatic rings. The van der Waals surface area contributed by atoms with Gasteiger partial charge in [0.1, 0.15) is 5.82 Å². The number of halogens is 1. The molecule has 7 nitrogen and oxygen atoms in total. The lowest BCUT2D eigenvalue weighted by Crippen LogP contribution is -2.44. The average Bonchev–Trinajstić information content (AvgIpc) is 2.76. The maximum atomic E-state index is 14.1. The Morgan fingerprint density at radius 3 is 2.78 bits per heavy atom. The molecule has 1 atom stereocenters. The molecule has 3 aromatic rings. The minimum atomic E-state index is -0.535. The molecule has 1 saturated heterocycles. The fraction of sp³-hybridized carbons (Fsp3) is 0.333. The summed E-state index contributed by atoms with van der Waals surface area (Å²) in [6.45, 7) is 5.45. The van der Waals surface area contributed by atoms with Gasteiger partial charge in [0.2, 0.25) is 0 Å². The van der Waals surface area contributed by atoms with E-state index in [1.54, 1.807) is 18.2 Å². The second-order valence-corrected chi connectivity index (χ2v) is 8.03. The number of fused-ring (bicyclic) bond motifs is 1. The van der Waals surface area contributed by atoms with Crippen LogP contribution in [0.5, 0.6) is 0 Å². The van der Waals surface area contributed by atoms with Crippen molar-refractivity contribution in [2.75, 3.05) is 31.7 Å². The summed E-state index contributed by atoms with van der Waals surface area (Å²) in [5.41, 5.74) is 3.06. The van der Waals surface area contributed by atoms with Gasteiger partial charge in [-0.15, -0.1) is 0 Å². The summed E-state index contributed by atoms with van der Waals surface area (Å²) in [5.74, 6) is -0.535. The Hall–Kier alpha value is -3.23. The first-order valence-electron chi connectivity index (χ1n) is 10.5. The van der Waals surface area contributed by atoms with Crippen molar-refractivity contribution in [3.8, 4) is 0 Å². The van der Waals surface area contributed by atoms with Gasteiger partial charge >= 0.3 is 6.03 Å². The fourth-order valence-corrected chi connectivity index (χ4v) is 3.92.